The van der Waals surface area contributed by atoms with Crippen LogP contribution in [0.3, 0.4) is 0 Å². The first-order valence-electron chi connectivity index (χ1n) is 8.52. The van der Waals surface area contributed by atoms with Crippen molar-refractivity contribution in [3.05, 3.63) is 24.8 Å². The Morgan fingerprint density at radius 1 is 1.10 bits per heavy atom. The molecule has 0 aromatic rings. The number of piperazine rings is 1. The number of hydrogen-bond acceptors (Lipinski definition) is 2. The van der Waals surface area contributed by atoms with Crippen molar-refractivity contribution in [3.63, 3.8) is 0 Å². The number of nitrogens with one attached hydrogen (secondary N) is 1. The Morgan fingerprint density at radius 2 is 1.75 bits per heavy atom. The Morgan fingerprint density at radius 3 is 2.30 bits per heavy atom. The monoisotopic (exact) mass is 278 g/mol. The highest BCUT2D eigenvalue weighted by atomic mass is 15.2. The quantitative estimate of drug-likeness (QED) is 0.617. The van der Waals surface area contributed by atoms with Gasteiger partial charge in [-0.1, -0.05) is 56.8 Å². The van der Waals surface area contributed by atoms with Gasteiger partial charge in [0, 0.05) is 32.7 Å². The lowest BCUT2D eigenvalue weighted by Crippen LogP contribution is -2.43. The van der Waals surface area contributed by atoms with Crippen LogP contribution in [0.15, 0.2) is 24.8 Å². The summed E-state index contributed by atoms with van der Waals surface area (Å²) in [5, 5.41) is 3.33. The van der Waals surface area contributed by atoms with Crippen LogP contribution in [-0.2, 0) is 0 Å². The fourth-order valence-electron chi connectivity index (χ4n) is 2.98. The largest absolute Gasteiger partial charge is 0.314 e. The van der Waals surface area contributed by atoms with Crippen LogP contribution >= 0.6 is 0 Å². The van der Waals surface area contributed by atoms with Crippen molar-refractivity contribution in [3.8, 4) is 0 Å². The van der Waals surface area contributed by atoms with Gasteiger partial charge in [0.15, 0.2) is 0 Å². The van der Waals surface area contributed by atoms with Gasteiger partial charge in [-0.3, -0.25) is 4.90 Å². The maximum Gasteiger partial charge on any atom is 0.0164 e. The highest BCUT2D eigenvalue weighted by Gasteiger charge is 2.09. The third kappa shape index (κ3) is 8.55. The van der Waals surface area contributed by atoms with Gasteiger partial charge in [0.05, 0.1) is 0 Å². The zero-order valence-electron chi connectivity index (χ0n) is 13.4. The van der Waals surface area contributed by atoms with Gasteiger partial charge in [0.25, 0.3) is 0 Å². The summed E-state index contributed by atoms with van der Waals surface area (Å²) in [5.41, 5.74) is 0. The van der Waals surface area contributed by atoms with Gasteiger partial charge in [0.2, 0.25) is 0 Å². The van der Waals surface area contributed by atoms with E-state index in [1.54, 1.807) is 0 Å². The molecule has 2 fully saturated rings. The lowest BCUT2D eigenvalue weighted by Gasteiger charge is -2.25. The third-order valence-corrected chi connectivity index (χ3v) is 4.28. The first kappa shape index (κ1) is 17.5. The first-order chi connectivity index (χ1) is 9.86. The van der Waals surface area contributed by atoms with Crippen molar-refractivity contribution < 1.29 is 0 Å². The Bertz CT molecular complexity index is 246. The van der Waals surface area contributed by atoms with E-state index < -0.39 is 0 Å². The summed E-state index contributed by atoms with van der Waals surface area (Å²) in [6, 6.07) is 0. The molecule has 2 aliphatic rings. The van der Waals surface area contributed by atoms with Crippen molar-refractivity contribution >= 4 is 0 Å². The van der Waals surface area contributed by atoms with Crippen LogP contribution in [0.2, 0.25) is 0 Å². The van der Waals surface area contributed by atoms with Gasteiger partial charge >= 0.3 is 0 Å². The zero-order chi connectivity index (χ0) is 14.5. The number of allylic oxidation sites excluding steroid dienone is 2. The molecule has 0 radical (unpaired) electrons. The van der Waals surface area contributed by atoms with E-state index in [1.807, 2.05) is 0 Å². The average Bonchev–Trinajstić information content (AvgIpc) is 2.76. The van der Waals surface area contributed by atoms with E-state index in [1.165, 1.54) is 58.0 Å². The second kappa shape index (κ2) is 12.2. The molecule has 2 nitrogen and oxygen atoms in total. The molecule has 0 atom stereocenters. The molecule has 0 aromatic heterocycles. The summed E-state index contributed by atoms with van der Waals surface area (Å²) in [5.74, 6) is 0.972. The maximum atomic E-state index is 3.79. The molecule has 1 aliphatic heterocycles. The normalized spacial score (nSPS) is 22.1. The van der Waals surface area contributed by atoms with Crippen LogP contribution in [0.4, 0.5) is 0 Å². The molecular formula is C18H34N2. The second-order valence-electron chi connectivity index (χ2n) is 6.00. The second-order valence-corrected chi connectivity index (χ2v) is 6.00. The van der Waals surface area contributed by atoms with Crippen LogP contribution in [0, 0.1) is 5.92 Å². The van der Waals surface area contributed by atoms with Crippen LogP contribution in [0.25, 0.3) is 0 Å². The Kier molecular flexibility index (Phi) is 10.6. The van der Waals surface area contributed by atoms with Crippen LogP contribution in [0.5, 0.6) is 0 Å². The van der Waals surface area contributed by atoms with E-state index >= 15 is 0 Å². The molecule has 1 heterocycles. The number of nitrogens with zero attached hydrogens (tertiary/aromatic N) is 1. The Balaban J connectivity index is 0.000000200. The van der Waals surface area contributed by atoms with Crippen molar-refractivity contribution in [2.75, 3.05) is 32.7 Å². The Hall–Kier alpha value is -0.600. The van der Waals surface area contributed by atoms with Gasteiger partial charge in [-0.2, -0.15) is 0 Å². The van der Waals surface area contributed by atoms with Crippen LogP contribution in [-0.4, -0.2) is 37.6 Å². The summed E-state index contributed by atoms with van der Waals surface area (Å²) in [4.78, 5) is 2.45. The summed E-state index contributed by atoms with van der Waals surface area (Å²) in [6.07, 6.45) is 16.4. The highest BCUT2D eigenvalue weighted by molar-refractivity contribution is 4.82. The summed E-state index contributed by atoms with van der Waals surface area (Å²) in [7, 11) is 0. The van der Waals surface area contributed by atoms with Crippen molar-refractivity contribution in [2.24, 2.45) is 5.92 Å². The number of hydrogen-bond donors (Lipinski definition) is 1. The molecule has 1 saturated carbocycles. The smallest absolute Gasteiger partial charge is 0.0164 e. The van der Waals surface area contributed by atoms with Crippen molar-refractivity contribution in [2.45, 2.75) is 51.9 Å². The molecule has 2 rings (SSSR count). The van der Waals surface area contributed by atoms with E-state index in [4.69, 9.17) is 0 Å². The average molecular weight is 278 g/mol. The van der Waals surface area contributed by atoms with Crippen molar-refractivity contribution in [1.82, 2.24) is 10.2 Å². The van der Waals surface area contributed by atoms with E-state index in [9.17, 15) is 0 Å². The fraction of sp³-hybridized carbons (Fsp3) is 0.778. The summed E-state index contributed by atoms with van der Waals surface area (Å²) < 4.78 is 0. The molecule has 2 heteroatoms. The zero-order valence-corrected chi connectivity index (χ0v) is 13.4. The highest BCUT2D eigenvalue weighted by Crippen LogP contribution is 2.25. The summed E-state index contributed by atoms with van der Waals surface area (Å²) in [6.45, 7) is 11.7. The molecule has 1 aliphatic carbocycles. The minimum absolute atomic E-state index is 0.972. The molecule has 1 N–H and O–H groups in total. The van der Waals surface area contributed by atoms with E-state index in [0.717, 1.165) is 25.6 Å². The topological polar surface area (TPSA) is 15.3 Å². The van der Waals surface area contributed by atoms with Gasteiger partial charge in [0.1, 0.15) is 0 Å². The predicted molar refractivity (Wildman–Crippen MR) is 90.1 cm³/mol. The van der Waals surface area contributed by atoms with Gasteiger partial charge in [-0.05, 0) is 19.3 Å². The predicted octanol–water partition coefficient (Wildman–Crippen LogP) is 4.00. The van der Waals surface area contributed by atoms with E-state index in [-0.39, 0.29) is 0 Å². The SMILES string of the molecule is C/C=C\CN1CCNCC1.C=CCC1CCCCCC1. The minimum Gasteiger partial charge on any atom is -0.314 e. The molecule has 20 heavy (non-hydrogen) atoms. The lowest BCUT2D eigenvalue weighted by molar-refractivity contribution is 0.264. The molecule has 0 aromatic carbocycles. The third-order valence-electron chi connectivity index (χ3n) is 4.28. The molecule has 1 saturated heterocycles. The molecule has 116 valence electrons. The summed E-state index contributed by atoms with van der Waals surface area (Å²) >= 11 is 0. The molecular weight excluding hydrogens is 244 g/mol. The number of rotatable bonds is 4. The lowest BCUT2D eigenvalue weighted by atomic mass is 9.97. The van der Waals surface area contributed by atoms with Crippen LogP contribution < -0.4 is 5.32 Å². The molecule has 0 unspecified atom stereocenters. The molecule has 0 spiro atoms. The standard InChI is InChI=1S/C10H18.C8H16N2/c1-2-7-10-8-5-3-4-6-9-10;1-2-3-6-10-7-4-9-5-8-10/h2,10H,1,3-9H2;2-3,9H,4-8H2,1H3/b;3-2-. The fourth-order valence-corrected chi connectivity index (χ4v) is 2.98. The molecule has 0 amide bonds. The van der Waals surface area contributed by atoms with Gasteiger partial charge in [-0.15, -0.1) is 6.58 Å². The van der Waals surface area contributed by atoms with E-state index in [2.05, 4.69) is 41.9 Å². The van der Waals surface area contributed by atoms with Crippen molar-refractivity contribution in [1.29, 1.82) is 0 Å². The van der Waals surface area contributed by atoms with E-state index in [0.29, 0.717) is 0 Å². The van der Waals surface area contributed by atoms with Gasteiger partial charge < -0.3 is 5.32 Å². The first-order valence-corrected chi connectivity index (χ1v) is 8.52. The van der Waals surface area contributed by atoms with Crippen LogP contribution in [0.1, 0.15) is 51.9 Å². The molecule has 0 bridgehead atoms. The minimum atomic E-state index is 0.972. The van der Waals surface area contributed by atoms with Gasteiger partial charge in [-0.25, -0.2) is 0 Å². The maximum absolute atomic E-state index is 3.79. The Labute approximate surface area is 126 Å².